The number of aliphatic carboxylic acids is 1. The molecule has 2 fully saturated rings. The molecule has 6 heteroatoms. The number of likely N-dealkylation sites (tertiary alicyclic amines) is 1. The molecule has 6 nitrogen and oxygen atoms in total. The van der Waals surface area contributed by atoms with Crippen molar-refractivity contribution in [1.82, 2.24) is 9.80 Å². The number of hydrogen-bond donors (Lipinski definition) is 2. The fourth-order valence-corrected chi connectivity index (χ4v) is 3.04. The zero-order chi connectivity index (χ0) is 13.8. The molecule has 19 heavy (non-hydrogen) atoms. The van der Waals surface area contributed by atoms with Gasteiger partial charge in [-0.05, 0) is 12.8 Å². The van der Waals surface area contributed by atoms with Gasteiger partial charge in [-0.2, -0.15) is 0 Å². The van der Waals surface area contributed by atoms with Crippen LogP contribution in [0.4, 0.5) is 4.79 Å². The molecule has 0 radical (unpaired) electrons. The molecule has 2 rings (SSSR count). The van der Waals surface area contributed by atoms with Gasteiger partial charge in [-0.25, -0.2) is 4.79 Å². The Hall–Kier alpha value is -1.30. The Kier molecular flexibility index (Phi) is 4.63. The summed E-state index contributed by atoms with van der Waals surface area (Å²) in [6.07, 6.45) is 4.44. The molecule has 0 bridgehead atoms. The van der Waals surface area contributed by atoms with E-state index in [-0.39, 0.29) is 31.0 Å². The van der Waals surface area contributed by atoms with Crippen LogP contribution in [-0.4, -0.2) is 64.3 Å². The van der Waals surface area contributed by atoms with Crippen molar-refractivity contribution in [3.8, 4) is 0 Å². The van der Waals surface area contributed by atoms with Gasteiger partial charge in [0.2, 0.25) is 0 Å². The van der Waals surface area contributed by atoms with E-state index in [4.69, 9.17) is 10.2 Å². The molecule has 1 saturated heterocycles. The van der Waals surface area contributed by atoms with Gasteiger partial charge in [-0.15, -0.1) is 0 Å². The van der Waals surface area contributed by atoms with Gasteiger partial charge in [0.1, 0.15) is 0 Å². The lowest BCUT2D eigenvalue weighted by atomic mass is 9.97. The first-order chi connectivity index (χ1) is 9.11. The van der Waals surface area contributed by atoms with Crippen LogP contribution in [0.1, 0.15) is 32.1 Å². The van der Waals surface area contributed by atoms with Gasteiger partial charge in [0, 0.05) is 31.6 Å². The van der Waals surface area contributed by atoms with E-state index in [1.807, 2.05) is 0 Å². The predicted octanol–water partition coefficient (Wildman–Crippen LogP) is 0.750. The summed E-state index contributed by atoms with van der Waals surface area (Å²) in [4.78, 5) is 26.4. The Morgan fingerprint density at radius 3 is 2.37 bits per heavy atom. The van der Waals surface area contributed by atoms with E-state index in [0.29, 0.717) is 19.6 Å². The Balaban J connectivity index is 1.85. The van der Waals surface area contributed by atoms with E-state index < -0.39 is 5.97 Å². The van der Waals surface area contributed by atoms with Gasteiger partial charge in [-0.3, -0.25) is 4.79 Å². The topological polar surface area (TPSA) is 81.1 Å². The summed E-state index contributed by atoms with van der Waals surface area (Å²) < 4.78 is 0. The highest BCUT2D eigenvalue weighted by molar-refractivity contribution is 5.76. The summed E-state index contributed by atoms with van der Waals surface area (Å²) in [5, 5.41) is 17.8. The zero-order valence-corrected chi connectivity index (χ0v) is 11.1. The second-order valence-corrected chi connectivity index (χ2v) is 5.51. The first-order valence-corrected chi connectivity index (χ1v) is 7.00. The molecule has 2 amide bonds. The van der Waals surface area contributed by atoms with Crippen LogP contribution in [0.5, 0.6) is 0 Å². The van der Waals surface area contributed by atoms with Crippen molar-refractivity contribution in [3.05, 3.63) is 0 Å². The Bertz CT molecular complexity index is 336. The summed E-state index contributed by atoms with van der Waals surface area (Å²) >= 11 is 0. The first-order valence-electron chi connectivity index (χ1n) is 7.00. The summed E-state index contributed by atoms with van der Waals surface area (Å²) in [6.45, 7) is 1.41. The summed E-state index contributed by atoms with van der Waals surface area (Å²) in [5.41, 5.74) is 0. The number of nitrogens with zero attached hydrogens (tertiary/aromatic N) is 2. The van der Waals surface area contributed by atoms with Gasteiger partial charge in [0.15, 0.2) is 0 Å². The number of aliphatic hydroxyl groups excluding tert-OH is 1. The number of carboxylic acid groups (broad SMARTS) is 1. The van der Waals surface area contributed by atoms with Crippen molar-refractivity contribution < 1.29 is 19.8 Å². The zero-order valence-electron chi connectivity index (χ0n) is 11.1. The maximum absolute atomic E-state index is 12.3. The largest absolute Gasteiger partial charge is 0.481 e. The highest BCUT2D eigenvalue weighted by Gasteiger charge is 2.36. The molecule has 2 N–H and O–H groups in total. The first kappa shape index (κ1) is 14.1. The van der Waals surface area contributed by atoms with Crippen LogP contribution < -0.4 is 0 Å². The lowest BCUT2D eigenvalue weighted by Gasteiger charge is -2.43. The number of hydrogen-bond acceptors (Lipinski definition) is 3. The third kappa shape index (κ3) is 3.37. The van der Waals surface area contributed by atoms with Gasteiger partial charge in [0.25, 0.3) is 0 Å². The molecule has 1 aliphatic heterocycles. The van der Waals surface area contributed by atoms with E-state index in [1.54, 1.807) is 9.80 Å². The highest BCUT2D eigenvalue weighted by Crippen LogP contribution is 2.27. The van der Waals surface area contributed by atoms with Crippen molar-refractivity contribution in [1.29, 1.82) is 0 Å². The fraction of sp³-hybridized carbons (Fsp3) is 0.846. The number of carbonyl (C=O) groups excluding carboxylic acids is 1. The van der Waals surface area contributed by atoms with E-state index in [0.717, 1.165) is 25.7 Å². The fourth-order valence-electron chi connectivity index (χ4n) is 3.04. The minimum absolute atomic E-state index is 0.0192. The number of rotatable bonds is 5. The van der Waals surface area contributed by atoms with Crippen LogP contribution in [0.3, 0.4) is 0 Å². The number of aliphatic hydroxyl groups is 1. The van der Waals surface area contributed by atoms with Crippen molar-refractivity contribution >= 4 is 12.0 Å². The maximum Gasteiger partial charge on any atom is 0.320 e. The Labute approximate surface area is 113 Å². The molecule has 1 saturated carbocycles. The minimum atomic E-state index is -0.805. The third-order valence-electron chi connectivity index (χ3n) is 4.04. The van der Waals surface area contributed by atoms with E-state index in [1.165, 1.54) is 0 Å². The lowest BCUT2D eigenvalue weighted by Crippen LogP contribution is -2.57. The third-order valence-corrected chi connectivity index (χ3v) is 4.04. The molecule has 0 spiro atoms. The molecule has 0 aromatic heterocycles. The molecule has 108 valence electrons. The molecular weight excluding hydrogens is 248 g/mol. The smallest absolute Gasteiger partial charge is 0.320 e. The van der Waals surface area contributed by atoms with Crippen LogP contribution in [0, 0.1) is 5.92 Å². The average Bonchev–Trinajstić information content (AvgIpc) is 2.82. The van der Waals surface area contributed by atoms with E-state index in [2.05, 4.69) is 0 Å². The maximum atomic E-state index is 12.3. The van der Waals surface area contributed by atoms with Gasteiger partial charge in [-0.1, -0.05) is 12.8 Å². The SMILES string of the molecule is O=C(O)CC1CN(C(=O)N(CCO)C2CCCC2)C1. The van der Waals surface area contributed by atoms with Crippen molar-refractivity contribution in [2.24, 2.45) is 5.92 Å². The highest BCUT2D eigenvalue weighted by atomic mass is 16.4. The number of urea groups is 1. The predicted molar refractivity (Wildman–Crippen MR) is 68.8 cm³/mol. The normalized spacial score (nSPS) is 20.4. The van der Waals surface area contributed by atoms with Crippen molar-refractivity contribution in [2.75, 3.05) is 26.2 Å². The quantitative estimate of drug-likeness (QED) is 0.772. The van der Waals surface area contributed by atoms with Crippen molar-refractivity contribution in [3.63, 3.8) is 0 Å². The molecule has 1 heterocycles. The van der Waals surface area contributed by atoms with Gasteiger partial charge < -0.3 is 20.0 Å². The van der Waals surface area contributed by atoms with Gasteiger partial charge in [0.05, 0.1) is 13.0 Å². The number of carbonyl (C=O) groups is 2. The summed E-state index contributed by atoms with van der Waals surface area (Å²) in [6, 6.07) is 0.209. The summed E-state index contributed by atoms with van der Waals surface area (Å²) in [5.74, 6) is -0.721. The van der Waals surface area contributed by atoms with E-state index >= 15 is 0 Å². The van der Waals surface area contributed by atoms with Crippen LogP contribution >= 0.6 is 0 Å². The monoisotopic (exact) mass is 270 g/mol. The molecule has 1 aliphatic carbocycles. The van der Waals surface area contributed by atoms with Crippen LogP contribution in [0.25, 0.3) is 0 Å². The van der Waals surface area contributed by atoms with Crippen LogP contribution in [0.2, 0.25) is 0 Å². The second kappa shape index (κ2) is 6.23. The average molecular weight is 270 g/mol. The standard InChI is InChI=1S/C13H22N2O4/c16-6-5-15(11-3-1-2-4-11)13(19)14-8-10(9-14)7-12(17)18/h10-11,16H,1-9H2,(H,17,18). The van der Waals surface area contributed by atoms with Crippen LogP contribution in [0.15, 0.2) is 0 Å². The van der Waals surface area contributed by atoms with E-state index in [9.17, 15) is 9.59 Å². The minimum Gasteiger partial charge on any atom is -0.481 e. The molecule has 2 aliphatic rings. The Morgan fingerprint density at radius 1 is 1.21 bits per heavy atom. The number of amides is 2. The second-order valence-electron chi connectivity index (χ2n) is 5.51. The lowest BCUT2D eigenvalue weighted by molar-refractivity contribution is -0.139. The van der Waals surface area contributed by atoms with Crippen LogP contribution in [-0.2, 0) is 4.79 Å². The Morgan fingerprint density at radius 2 is 1.84 bits per heavy atom. The summed E-state index contributed by atoms with van der Waals surface area (Å²) in [7, 11) is 0. The molecule has 0 aromatic rings. The molecule has 0 atom stereocenters. The molecule has 0 aromatic carbocycles. The number of carboxylic acids is 1. The van der Waals surface area contributed by atoms with Crippen molar-refractivity contribution in [2.45, 2.75) is 38.1 Å². The van der Waals surface area contributed by atoms with Gasteiger partial charge >= 0.3 is 12.0 Å². The molecule has 0 unspecified atom stereocenters. The molecular formula is C13H22N2O4.